The summed E-state index contributed by atoms with van der Waals surface area (Å²) in [6.07, 6.45) is 1.69. The van der Waals surface area contributed by atoms with E-state index < -0.39 is 0 Å². The quantitative estimate of drug-likeness (QED) is 0.708. The molecule has 0 bridgehead atoms. The Morgan fingerprint density at radius 3 is 2.75 bits per heavy atom. The first-order valence-electron chi connectivity index (χ1n) is 5.57. The van der Waals surface area contributed by atoms with Crippen molar-refractivity contribution in [2.75, 3.05) is 6.61 Å². The first-order valence-corrected chi connectivity index (χ1v) is 5.95. The molecule has 2 rings (SSSR count). The van der Waals surface area contributed by atoms with Crippen LogP contribution in [0.1, 0.15) is 37.9 Å². The predicted octanol–water partition coefficient (Wildman–Crippen LogP) is 2.79. The van der Waals surface area contributed by atoms with E-state index in [1.54, 1.807) is 0 Å². The number of ether oxygens (including phenoxy) is 1. The molecule has 0 amide bonds. The topological polar surface area (TPSA) is 35.0 Å². The van der Waals surface area contributed by atoms with Crippen LogP contribution in [0.5, 0.6) is 0 Å². The van der Waals surface area contributed by atoms with E-state index in [2.05, 4.69) is 30.7 Å². The summed E-state index contributed by atoms with van der Waals surface area (Å²) >= 11 is 6.15. The van der Waals surface area contributed by atoms with Gasteiger partial charge in [-0.1, -0.05) is 32.4 Å². The molecule has 0 saturated carbocycles. The lowest BCUT2D eigenvalue weighted by Gasteiger charge is -2.20. The summed E-state index contributed by atoms with van der Waals surface area (Å²) in [5.74, 6) is 0.846. The van der Waals surface area contributed by atoms with Gasteiger partial charge in [0.15, 0.2) is 0 Å². The molecular weight excluding hydrogens is 224 g/mol. The van der Waals surface area contributed by atoms with Crippen molar-refractivity contribution < 1.29 is 4.74 Å². The van der Waals surface area contributed by atoms with Gasteiger partial charge in [0.25, 0.3) is 0 Å². The summed E-state index contributed by atoms with van der Waals surface area (Å²) in [6.45, 7) is 7.80. The van der Waals surface area contributed by atoms with Crippen LogP contribution in [0.25, 0.3) is 0 Å². The van der Waals surface area contributed by atoms with E-state index >= 15 is 0 Å². The van der Waals surface area contributed by atoms with E-state index in [0.717, 1.165) is 36.5 Å². The van der Waals surface area contributed by atoms with Gasteiger partial charge in [-0.15, -0.1) is 0 Å². The molecule has 88 valence electrons. The zero-order chi connectivity index (χ0) is 11.8. The van der Waals surface area contributed by atoms with Crippen molar-refractivity contribution in [2.24, 2.45) is 5.41 Å². The van der Waals surface area contributed by atoms with Crippen LogP contribution in [0.4, 0.5) is 0 Å². The predicted molar refractivity (Wildman–Crippen MR) is 63.6 cm³/mol. The van der Waals surface area contributed by atoms with Gasteiger partial charge in [-0.3, -0.25) is 0 Å². The van der Waals surface area contributed by atoms with Gasteiger partial charge in [0, 0.05) is 18.4 Å². The first-order chi connectivity index (χ1) is 7.46. The molecule has 1 aliphatic rings. The smallest absolute Gasteiger partial charge is 0.138 e. The van der Waals surface area contributed by atoms with Crippen LogP contribution in [0.15, 0.2) is 0 Å². The van der Waals surface area contributed by atoms with Crippen LogP contribution < -0.4 is 0 Å². The first kappa shape index (κ1) is 11.8. The van der Waals surface area contributed by atoms with E-state index in [-0.39, 0.29) is 5.41 Å². The molecule has 0 saturated heterocycles. The highest BCUT2D eigenvalue weighted by molar-refractivity contribution is 6.30. The van der Waals surface area contributed by atoms with Gasteiger partial charge < -0.3 is 4.74 Å². The lowest BCUT2D eigenvalue weighted by atomic mass is 9.92. The number of halogens is 1. The van der Waals surface area contributed by atoms with Crippen molar-refractivity contribution in [3.05, 3.63) is 22.2 Å². The minimum absolute atomic E-state index is 0.183. The maximum absolute atomic E-state index is 6.15. The van der Waals surface area contributed by atoms with Crippen molar-refractivity contribution >= 4 is 11.6 Å². The molecular formula is C12H17ClN2O. The van der Waals surface area contributed by atoms with Gasteiger partial charge in [-0.25, -0.2) is 9.97 Å². The zero-order valence-electron chi connectivity index (χ0n) is 10.0. The molecule has 16 heavy (non-hydrogen) atoms. The molecule has 0 aromatic carbocycles. The Hall–Kier alpha value is -0.670. The van der Waals surface area contributed by atoms with Crippen molar-refractivity contribution in [1.82, 2.24) is 9.97 Å². The summed E-state index contributed by atoms with van der Waals surface area (Å²) in [5.41, 5.74) is 2.21. The van der Waals surface area contributed by atoms with Crippen molar-refractivity contribution in [1.29, 1.82) is 0 Å². The Balaban J connectivity index is 2.32. The van der Waals surface area contributed by atoms with Crippen LogP contribution in [0.2, 0.25) is 5.15 Å². The largest absolute Gasteiger partial charge is 0.376 e. The molecule has 0 fully saturated rings. The van der Waals surface area contributed by atoms with Crippen molar-refractivity contribution in [3.8, 4) is 0 Å². The minimum Gasteiger partial charge on any atom is -0.376 e. The normalized spacial score (nSPS) is 16.0. The third kappa shape index (κ3) is 2.71. The highest BCUT2D eigenvalue weighted by atomic mass is 35.5. The third-order valence-corrected chi connectivity index (χ3v) is 2.82. The van der Waals surface area contributed by atoms with Crippen LogP contribution >= 0.6 is 11.6 Å². The number of rotatable bonds is 1. The van der Waals surface area contributed by atoms with Crippen LogP contribution in [-0.4, -0.2) is 16.6 Å². The van der Waals surface area contributed by atoms with Crippen LogP contribution in [0.3, 0.4) is 0 Å². The summed E-state index contributed by atoms with van der Waals surface area (Å²) in [5, 5.41) is 0.559. The number of fused-ring (bicyclic) bond motifs is 1. The molecule has 0 radical (unpaired) electrons. The molecule has 3 nitrogen and oxygen atoms in total. The summed E-state index contributed by atoms with van der Waals surface area (Å²) in [6, 6.07) is 0. The molecule has 0 atom stereocenters. The van der Waals surface area contributed by atoms with Gasteiger partial charge >= 0.3 is 0 Å². The number of nitrogens with zero attached hydrogens (tertiary/aromatic N) is 2. The van der Waals surface area contributed by atoms with Gasteiger partial charge in [-0.05, 0) is 5.41 Å². The van der Waals surface area contributed by atoms with E-state index in [4.69, 9.17) is 16.3 Å². The minimum atomic E-state index is 0.183. The number of hydrogen-bond donors (Lipinski definition) is 0. The van der Waals surface area contributed by atoms with Crippen LogP contribution in [0, 0.1) is 5.41 Å². The number of aromatic nitrogens is 2. The molecule has 0 spiro atoms. The van der Waals surface area contributed by atoms with Gasteiger partial charge in [0.1, 0.15) is 11.0 Å². The highest BCUT2D eigenvalue weighted by Crippen LogP contribution is 2.25. The second-order valence-electron chi connectivity index (χ2n) is 5.40. The zero-order valence-corrected chi connectivity index (χ0v) is 10.8. The monoisotopic (exact) mass is 240 g/mol. The van der Waals surface area contributed by atoms with Crippen LogP contribution in [-0.2, 0) is 24.2 Å². The molecule has 0 unspecified atom stereocenters. The molecule has 1 aromatic heterocycles. The fourth-order valence-electron chi connectivity index (χ4n) is 1.79. The molecule has 2 heterocycles. The average Bonchev–Trinajstić information content (AvgIpc) is 2.15. The Labute approximate surface area is 101 Å². The second kappa shape index (κ2) is 4.30. The Morgan fingerprint density at radius 1 is 1.31 bits per heavy atom. The van der Waals surface area contributed by atoms with Crippen molar-refractivity contribution in [3.63, 3.8) is 0 Å². The fourth-order valence-corrected chi connectivity index (χ4v) is 2.06. The maximum atomic E-state index is 6.15. The Bertz CT molecular complexity index is 399. The van der Waals surface area contributed by atoms with Crippen molar-refractivity contribution in [2.45, 2.75) is 40.2 Å². The lowest BCUT2D eigenvalue weighted by Crippen LogP contribution is -2.18. The molecule has 0 N–H and O–H groups in total. The molecule has 1 aromatic rings. The summed E-state index contributed by atoms with van der Waals surface area (Å²) in [4.78, 5) is 8.93. The average molecular weight is 241 g/mol. The number of hydrogen-bond acceptors (Lipinski definition) is 3. The third-order valence-electron chi connectivity index (χ3n) is 2.51. The van der Waals surface area contributed by atoms with E-state index in [9.17, 15) is 0 Å². The summed E-state index contributed by atoms with van der Waals surface area (Å²) < 4.78 is 5.35. The fraction of sp³-hybridized carbons (Fsp3) is 0.667. The van der Waals surface area contributed by atoms with E-state index in [1.165, 1.54) is 0 Å². The standard InChI is InChI=1S/C12H17ClN2O/c1-12(2,3)6-10-14-9-4-5-16-7-8(9)11(13)15-10/h4-7H2,1-3H3. The Kier molecular flexibility index (Phi) is 3.17. The van der Waals surface area contributed by atoms with E-state index in [1.807, 2.05) is 0 Å². The van der Waals surface area contributed by atoms with E-state index in [0.29, 0.717) is 11.8 Å². The SMILES string of the molecule is CC(C)(C)Cc1nc(Cl)c2c(n1)CCOC2. The lowest BCUT2D eigenvalue weighted by molar-refractivity contribution is 0.108. The van der Waals surface area contributed by atoms with Gasteiger partial charge in [0.05, 0.1) is 18.9 Å². The summed E-state index contributed by atoms with van der Waals surface area (Å²) in [7, 11) is 0. The highest BCUT2D eigenvalue weighted by Gasteiger charge is 2.19. The Morgan fingerprint density at radius 2 is 2.06 bits per heavy atom. The van der Waals surface area contributed by atoms with Gasteiger partial charge in [-0.2, -0.15) is 0 Å². The molecule has 0 aliphatic carbocycles. The molecule has 4 heteroatoms. The maximum Gasteiger partial charge on any atom is 0.138 e. The second-order valence-corrected chi connectivity index (χ2v) is 5.75. The molecule has 1 aliphatic heterocycles. The van der Waals surface area contributed by atoms with Gasteiger partial charge in [0.2, 0.25) is 0 Å².